The largest absolute Gasteiger partial charge is 0.507 e. The SMILES string of the molecule is COc1ccc([C@H]2C(=C(O)c3ccc4c(c3)C[C@@H](C)O4)C(=O)C(=O)N2CC[NH+]2CCOCC2)cc1OC. The minimum atomic E-state index is -0.760. The average molecular weight is 510 g/mol. The van der Waals surface area contributed by atoms with Crippen LogP contribution in [0.4, 0.5) is 0 Å². The van der Waals surface area contributed by atoms with Gasteiger partial charge in [0.1, 0.15) is 30.7 Å². The molecule has 37 heavy (non-hydrogen) atoms. The number of fused-ring (bicyclic) bond motifs is 1. The van der Waals surface area contributed by atoms with Gasteiger partial charge in [-0.1, -0.05) is 6.07 Å². The summed E-state index contributed by atoms with van der Waals surface area (Å²) in [5.41, 5.74) is 2.18. The summed E-state index contributed by atoms with van der Waals surface area (Å²) in [5, 5.41) is 11.5. The number of hydrogen-bond donors (Lipinski definition) is 2. The first-order chi connectivity index (χ1) is 17.9. The Morgan fingerprint density at radius 3 is 2.57 bits per heavy atom. The summed E-state index contributed by atoms with van der Waals surface area (Å²) in [6.45, 7) is 6.07. The summed E-state index contributed by atoms with van der Waals surface area (Å²) < 4.78 is 22.1. The molecule has 3 heterocycles. The fraction of sp³-hybridized carbons (Fsp3) is 0.429. The maximum atomic E-state index is 13.4. The van der Waals surface area contributed by atoms with Gasteiger partial charge in [-0.05, 0) is 48.4 Å². The first-order valence-corrected chi connectivity index (χ1v) is 12.6. The highest BCUT2D eigenvalue weighted by Crippen LogP contribution is 2.42. The number of aliphatic hydroxyl groups is 1. The van der Waals surface area contributed by atoms with Crippen LogP contribution in [0, 0.1) is 0 Å². The number of ether oxygens (including phenoxy) is 4. The van der Waals surface area contributed by atoms with Crippen LogP contribution in [0.15, 0.2) is 42.0 Å². The van der Waals surface area contributed by atoms with Crippen molar-refractivity contribution in [2.24, 2.45) is 0 Å². The van der Waals surface area contributed by atoms with Gasteiger partial charge in [0.25, 0.3) is 11.7 Å². The van der Waals surface area contributed by atoms with Gasteiger partial charge in [0.15, 0.2) is 11.5 Å². The number of rotatable bonds is 7. The minimum Gasteiger partial charge on any atom is -0.507 e. The number of benzene rings is 2. The summed E-state index contributed by atoms with van der Waals surface area (Å²) >= 11 is 0. The van der Waals surface area contributed by atoms with Crippen LogP contribution in [-0.4, -0.2) is 81.4 Å². The Morgan fingerprint density at radius 1 is 1.08 bits per heavy atom. The maximum Gasteiger partial charge on any atom is 0.295 e. The van der Waals surface area contributed by atoms with E-state index in [1.54, 1.807) is 42.3 Å². The summed E-state index contributed by atoms with van der Waals surface area (Å²) in [7, 11) is 3.08. The number of hydrogen-bond acceptors (Lipinski definition) is 7. The Balaban J connectivity index is 1.56. The number of morpholine rings is 1. The molecule has 2 aromatic rings. The van der Waals surface area contributed by atoms with E-state index in [1.807, 2.05) is 13.0 Å². The van der Waals surface area contributed by atoms with Crippen molar-refractivity contribution in [3.05, 3.63) is 58.7 Å². The van der Waals surface area contributed by atoms with E-state index in [4.69, 9.17) is 18.9 Å². The maximum absolute atomic E-state index is 13.4. The third-order valence-electron chi connectivity index (χ3n) is 7.34. The molecular weight excluding hydrogens is 476 g/mol. The molecule has 0 unspecified atom stereocenters. The van der Waals surface area contributed by atoms with Crippen LogP contribution in [-0.2, 0) is 20.7 Å². The van der Waals surface area contributed by atoms with Gasteiger partial charge in [-0.3, -0.25) is 9.59 Å². The summed E-state index contributed by atoms with van der Waals surface area (Å²) in [6.07, 6.45) is 0.763. The van der Waals surface area contributed by atoms with E-state index in [-0.39, 0.29) is 17.4 Å². The van der Waals surface area contributed by atoms with Crippen molar-refractivity contribution in [3.8, 4) is 17.2 Å². The van der Waals surface area contributed by atoms with E-state index in [0.29, 0.717) is 55.4 Å². The normalized spacial score (nSPS) is 23.2. The molecule has 1 amide bonds. The number of nitrogens with one attached hydrogen (secondary N) is 1. The van der Waals surface area contributed by atoms with Crippen molar-refractivity contribution >= 4 is 17.4 Å². The van der Waals surface area contributed by atoms with Gasteiger partial charge in [0.2, 0.25) is 0 Å². The molecular formula is C28H33N2O7+. The molecule has 0 radical (unpaired) electrons. The fourth-order valence-corrected chi connectivity index (χ4v) is 5.39. The van der Waals surface area contributed by atoms with Crippen molar-refractivity contribution in [2.45, 2.75) is 25.5 Å². The van der Waals surface area contributed by atoms with Crippen LogP contribution < -0.4 is 19.1 Å². The number of aliphatic hydroxyl groups excluding tert-OH is 1. The van der Waals surface area contributed by atoms with Gasteiger partial charge >= 0.3 is 0 Å². The van der Waals surface area contributed by atoms with Crippen LogP contribution in [0.25, 0.3) is 5.76 Å². The zero-order valence-electron chi connectivity index (χ0n) is 21.4. The second-order valence-corrected chi connectivity index (χ2v) is 9.67. The molecule has 3 aliphatic heterocycles. The third kappa shape index (κ3) is 4.76. The Hall–Kier alpha value is -3.56. The van der Waals surface area contributed by atoms with Gasteiger partial charge in [-0.15, -0.1) is 0 Å². The van der Waals surface area contributed by atoms with Crippen molar-refractivity contribution in [3.63, 3.8) is 0 Å². The molecule has 2 saturated heterocycles. The molecule has 2 fully saturated rings. The number of carbonyl (C=O) groups is 2. The predicted molar refractivity (Wildman–Crippen MR) is 135 cm³/mol. The van der Waals surface area contributed by atoms with Crippen molar-refractivity contribution in [2.75, 3.05) is 53.6 Å². The molecule has 0 bridgehead atoms. The zero-order valence-corrected chi connectivity index (χ0v) is 21.4. The number of amides is 1. The van der Waals surface area contributed by atoms with E-state index in [2.05, 4.69) is 0 Å². The first-order valence-electron chi connectivity index (χ1n) is 12.6. The van der Waals surface area contributed by atoms with E-state index in [0.717, 1.165) is 24.4 Å². The number of nitrogens with zero attached hydrogens (tertiary/aromatic N) is 1. The molecule has 0 spiro atoms. The van der Waals surface area contributed by atoms with Crippen molar-refractivity contribution in [1.82, 2.24) is 4.90 Å². The van der Waals surface area contributed by atoms with Crippen LogP contribution in [0.2, 0.25) is 0 Å². The Morgan fingerprint density at radius 2 is 1.84 bits per heavy atom. The molecule has 0 aliphatic carbocycles. The number of carbonyl (C=O) groups excluding carboxylic acids is 2. The highest BCUT2D eigenvalue weighted by atomic mass is 16.5. The van der Waals surface area contributed by atoms with E-state index in [1.165, 1.54) is 12.0 Å². The lowest BCUT2D eigenvalue weighted by Crippen LogP contribution is -3.14. The standard InChI is InChI=1S/C28H32N2O7/c1-17-14-20-15-19(5-6-21(20)37-17)26(31)24-25(18-4-7-22(34-2)23(16-18)35-3)30(28(33)27(24)32)9-8-29-10-12-36-13-11-29/h4-7,15-17,25,31H,8-14H2,1-3H3/p+1/t17-,25+/m1/s1. The molecule has 196 valence electrons. The minimum absolute atomic E-state index is 0.0485. The highest BCUT2D eigenvalue weighted by Gasteiger charge is 2.46. The summed E-state index contributed by atoms with van der Waals surface area (Å²) in [6, 6.07) is 9.91. The zero-order chi connectivity index (χ0) is 26.1. The molecule has 0 aromatic heterocycles. The van der Waals surface area contributed by atoms with Gasteiger partial charge in [-0.2, -0.15) is 0 Å². The smallest absolute Gasteiger partial charge is 0.295 e. The number of methoxy groups -OCH3 is 2. The molecule has 5 rings (SSSR count). The van der Waals surface area contributed by atoms with Crippen LogP contribution in [0.3, 0.4) is 0 Å². The fourth-order valence-electron chi connectivity index (χ4n) is 5.39. The Kier molecular flexibility index (Phi) is 7.08. The van der Waals surface area contributed by atoms with Crippen LogP contribution in [0.1, 0.15) is 29.7 Å². The van der Waals surface area contributed by atoms with Gasteiger partial charge in [-0.25, -0.2) is 0 Å². The molecule has 9 heteroatoms. The van der Waals surface area contributed by atoms with Crippen LogP contribution >= 0.6 is 0 Å². The molecule has 2 aromatic carbocycles. The third-order valence-corrected chi connectivity index (χ3v) is 7.34. The monoisotopic (exact) mass is 509 g/mol. The molecule has 2 atom stereocenters. The topological polar surface area (TPSA) is 99.0 Å². The van der Waals surface area contributed by atoms with Crippen molar-refractivity contribution < 1.29 is 38.5 Å². The van der Waals surface area contributed by atoms with Crippen LogP contribution in [0.5, 0.6) is 17.2 Å². The van der Waals surface area contributed by atoms with E-state index < -0.39 is 17.7 Å². The van der Waals surface area contributed by atoms with Gasteiger partial charge in [0, 0.05) is 12.0 Å². The molecule has 0 saturated carbocycles. The number of Topliss-reactive ketones (excluding diaryl/α,β-unsaturated/α-hetero) is 1. The summed E-state index contributed by atoms with van der Waals surface area (Å²) in [5.74, 6) is 0.282. The number of ketones is 1. The van der Waals surface area contributed by atoms with E-state index >= 15 is 0 Å². The highest BCUT2D eigenvalue weighted by molar-refractivity contribution is 6.46. The number of likely N-dealkylation sites (tertiary alicyclic amines) is 1. The molecule has 2 N–H and O–H groups in total. The van der Waals surface area contributed by atoms with Crippen molar-refractivity contribution in [1.29, 1.82) is 0 Å². The van der Waals surface area contributed by atoms with E-state index in [9.17, 15) is 14.7 Å². The average Bonchev–Trinajstić information content (AvgIpc) is 3.42. The van der Waals surface area contributed by atoms with Gasteiger partial charge in [0.05, 0.1) is 52.1 Å². The Labute approximate surface area is 216 Å². The lowest BCUT2D eigenvalue weighted by atomic mass is 9.94. The lowest BCUT2D eigenvalue weighted by molar-refractivity contribution is -0.907. The summed E-state index contributed by atoms with van der Waals surface area (Å²) in [4.78, 5) is 29.6. The quantitative estimate of drug-likeness (QED) is 0.330. The predicted octanol–water partition coefficient (Wildman–Crippen LogP) is 1.36. The lowest BCUT2D eigenvalue weighted by Gasteiger charge is -2.29. The number of quaternary nitrogens is 1. The second-order valence-electron chi connectivity index (χ2n) is 9.67. The molecule has 9 nitrogen and oxygen atoms in total. The first kappa shape index (κ1) is 25.1. The van der Waals surface area contributed by atoms with Gasteiger partial charge < -0.3 is 33.9 Å². The molecule has 3 aliphatic rings. The Bertz CT molecular complexity index is 1240. The second kappa shape index (κ2) is 10.4.